The van der Waals surface area contributed by atoms with Crippen molar-refractivity contribution in [2.45, 2.75) is 32.4 Å². The third-order valence-electron chi connectivity index (χ3n) is 6.03. The molecule has 1 aliphatic heterocycles. The second-order valence-corrected chi connectivity index (χ2v) is 9.00. The van der Waals surface area contributed by atoms with E-state index in [2.05, 4.69) is 9.88 Å². The first-order valence-electron chi connectivity index (χ1n) is 9.29. The van der Waals surface area contributed by atoms with Gasteiger partial charge in [0.1, 0.15) is 5.75 Å². The van der Waals surface area contributed by atoms with Crippen LogP contribution >= 0.6 is 22.9 Å². The molecule has 5 nitrogen and oxygen atoms in total. The molecule has 0 bridgehead atoms. The molecule has 4 rings (SSSR count). The van der Waals surface area contributed by atoms with Crippen molar-refractivity contribution in [1.29, 1.82) is 0 Å². The number of hydrogen-bond acceptors (Lipinski definition) is 5. The van der Waals surface area contributed by atoms with Gasteiger partial charge in [-0.1, -0.05) is 11.6 Å². The number of rotatable bonds is 5. The Morgan fingerprint density at radius 1 is 1.44 bits per heavy atom. The summed E-state index contributed by atoms with van der Waals surface area (Å²) in [6, 6.07) is 5.18. The van der Waals surface area contributed by atoms with E-state index in [0.29, 0.717) is 23.9 Å². The van der Waals surface area contributed by atoms with Crippen LogP contribution in [0.1, 0.15) is 30.5 Å². The molecule has 1 N–H and O–H groups in total. The molecule has 2 heterocycles. The van der Waals surface area contributed by atoms with Gasteiger partial charge in [-0.05, 0) is 56.0 Å². The molecule has 1 saturated heterocycles. The number of hydrogen-bond donors (Lipinski definition) is 1. The van der Waals surface area contributed by atoms with Gasteiger partial charge in [-0.15, -0.1) is 11.3 Å². The zero-order valence-electron chi connectivity index (χ0n) is 15.4. The summed E-state index contributed by atoms with van der Waals surface area (Å²) in [6.45, 7) is 3.19. The van der Waals surface area contributed by atoms with Crippen LogP contribution in [0.2, 0.25) is 5.02 Å². The van der Waals surface area contributed by atoms with Crippen molar-refractivity contribution in [2.24, 2.45) is 11.3 Å². The number of aromatic nitrogens is 1. The van der Waals surface area contributed by atoms with Gasteiger partial charge in [-0.3, -0.25) is 9.69 Å². The molecule has 7 heteroatoms. The molecule has 1 amide bonds. The first kappa shape index (κ1) is 18.7. The molecular weight excluding hydrogens is 382 g/mol. The number of benzene rings is 1. The Morgan fingerprint density at radius 3 is 2.93 bits per heavy atom. The zero-order valence-corrected chi connectivity index (χ0v) is 17.0. The summed E-state index contributed by atoms with van der Waals surface area (Å²) in [7, 11) is 1.88. The molecule has 2 aromatic rings. The van der Waals surface area contributed by atoms with Gasteiger partial charge in [0.25, 0.3) is 0 Å². The van der Waals surface area contributed by atoms with Gasteiger partial charge in [0.15, 0.2) is 0 Å². The monoisotopic (exact) mass is 405 g/mol. The van der Waals surface area contributed by atoms with E-state index in [-0.39, 0.29) is 17.2 Å². The van der Waals surface area contributed by atoms with Gasteiger partial charge in [0, 0.05) is 35.5 Å². The van der Waals surface area contributed by atoms with Crippen molar-refractivity contribution in [3.8, 4) is 5.75 Å². The van der Waals surface area contributed by atoms with Gasteiger partial charge in [-0.2, -0.15) is 0 Å². The highest BCUT2D eigenvalue weighted by Gasteiger charge is 2.58. The van der Waals surface area contributed by atoms with Crippen LogP contribution in [-0.2, 0) is 17.9 Å². The van der Waals surface area contributed by atoms with Crippen molar-refractivity contribution in [1.82, 2.24) is 14.8 Å². The standard InChI is InChI=1S/C20H24ClN3O2S/c1-23(11-16-12-27-13-22-16)19(26)17-9-20(17)4-6-24(7-5-20)10-14-8-15(21)2-3-18(14)25/h2-3,8,12-13,17,25H,4-7,9-11H2,1H3. The Morgan fingerprint density at radius 2 is 2.22 bits per heavy atom. The highest BCUT2D eigenvalue weighted by molar-refractivity contribution is 7.07. The normalized spacial score (nSPS) is 21.3. The van der Waals surface area contributed by atoms with Gasteiger partial charge in [0.05, 0.1) is 17.7 Å². The molecule has 27 heavy (non-hydrogen) atoms. The summed E-state index contributed by atoms with van der Waals surface area (Å²) in [4.78, 5) is 21.2. The number of likely N-dealkylation sites (tertiary alicyclic amines) is 1. The molecular formula is C20H24ClN3O2S. The quantitative estimate of drug-likeness (QED) is 0.822. The lowest BCUT2D eigenvalue weighted by Gasteiger charge is -2.33. The lowest BCUT2D eigenvalue weighted by molar-refractivity contribution is -0.133. The van der Waals surface area contributed by atoms with Crippen LogP contribution in [0.15, 0.2) is 29.1 Å². The largest absolute Gasteiger partial charge is 0.508 e. The van der Waals surface area contributed by atoms with E-state index >= 15 is 0 Å². The predicted molar refractivity (Wildman–Crippen MR) is 107 cm³/mol. The second-order valence-electron chi connectivity index (χ2n) is 7.84. The van der Waals surface area contributed by atoms with Crippen LogP contribution in [0.25, 0.3) is 0 Å². The van der Waals surface area contributed by atoms with Crippen LogP contribution in [0.4, 0.5) is 0 Å². The number of aromatic hydroxyl groups is 1. The van der Waals surface area contributed by atoms with Crippen molar-refractivity contribution in [3.63, 3.8) is 0 Å². The number of carbonyl (C=O) groups is 1. The average molecular weight is 406 g/mol. The van der Waals surface area contributed by atoms with Crippen LogP contribution in [0.3, 0.4) is 0 Å². The fraction of sp³-hybridized carbons (Fsp3) is 0.500. The van der Waals surface area contributed by atoms with E-state index in [4.69, 9.17) is 11.6 Å². The van der Waals surface area contributed by atoms with Crippen LogP contribution in [-0.4, -0.2) is 45.9 Å². The second kappa shape index (κ2) is 7.41. The maximum atomic E-state index is 12.8. The molecule has 1 saturated carbocycles. The third-order valence-corrected chi connectivity index (χ3v) is 6.90. The minimum Gasteiger partial charge on any atom is -0.508 e. The van der Waals surface area contributed by atoms with Gasteiger partial charge in [-0.25, -0.2) is 4.98 Å². The molecule has 2 aliphatic rings. The molecule has 1 aliphatic carbocycles. The predicted octanol–water partition coefficient (Wildman–Crippen LogP) is 3.76. The van der Waals surface area contributed by atoms with Crippen LogP contribution in [0.5, 0.6) is 5.75 Å². The van der Waals surface area contributed by atoms with Gasteiger partial charge < -0.3 is 10.0 Å². The molecule has 1 atom stereocenters. The summed E-state index contributed by atoms with van der Waals surface area (Å²) >= 11 is 7.61. The minimum atomic E-state index is 0.155. The first-order valence-corrected chi connectivity index (χ1v) is 10.6. The Bertz CT molecular complexity index is 819. The van der Waals surface area contributed by atoms with Crippen molar-refractivity contribution in [2.75, 3.05) is 20.1 Å². The summed E-state index contributed by atoms with van der Waals surface area (Å²) in [6.07, 6.45) is 3.08. The van der Waals surface area contributed by atoms with Crippen LogP contribution < -0.4 is 0 Å². The Hall–Kier alpha value is -1.63. The molecule has 0 radical (unpaired) electrons. The summed E-state index contributed by atoms with van der Waals surface area (Å²) in [5, 5.41) is 12.7. The number of piperidine rings is 1. The van der Waals surface area contributed by atoms with Crippen LogP contribution in [0, 0.1) is 11.3 Å². The first-order chi connectivity index (χ1) is 13.0. The fourth-order valence-corrected chi connectivity index (χ4v) is 4.97. The van der Waals surface area contributed by atoms with Gasteiger partial charge >= 0.3 is 0 Å². The lowest BCUT2D eigenvalue weighted by Crippen LogP contribution is -2.37. The molecule has 144 valence electrons. The Kier molecular flexibility index (Phi) is 5.14. The number of thiazole rings is 1. The molecule has 1 aromatic carbocycles. The number of amides is 1. The van der Waals surface area contributed by atoms with E-state index in [1.54, 1.807) is 29.0 Å². The molecule has 1 unspecified atom stereocenters. The minimum absolute atomic E-state index is 0.155. The van der Waals surface area contributed by atoms with Crippen molar-refractivity contribution in [3.05, 3.63) is 45.4 Å². The zero-order chi connectivity index (χ0) is 19.0. The number of phenolic OH excluding ortho intramolecular Hbond substituents is 1. The number of phenols is 1. The number of nitrogens with zero attached hydrogens (tertiary/aromatic N) is 3. The topological polar surface area (TPSA) is 56.7 Å². The SMILES string of the molecule is CN(Cc1cscn1)C(=O)C1CC12CCN(Cc1cc(Cl)ccc1O)CC2. The summed E-state index contributed by atoms with van der Waals surface area (Å²) in [5.41, 5.74) is 3.81. The summed E-state index contributed by atoms with van der Waals surface area (Å²) < 4.78 is 0. The maximum Gasteiger partial charge on any atom is 0.226 e. The third kappa shape index (κ3) is 3.98. The summed E-state index contributed by atoms with van der Waals surface area (Å²) in [5.74, 6) is 0.703. The van der Waals surface area contributed by atoms with Gasteiger partial charge in [0.2, 0.25) is 5.91 Å². The highest BCUT2D eigenvalue weighted by atomic mass is 35.5. The van der Waals surface area contributed by atoms with Crippen molar-refractivity contribution < 1.29 is 9.90 Å². The smallest absolute Gasteiger partial charge is 0.226 e. The van der Waals surface area contributed by atoms with E-state index < -0.39 is 0 Å². The number of halogens is 1. The average Bonchev–Trinajstić information content (AvgIpc) is 3.09. The fourth-order valence-electron chi connectivity index (χ4n) is 4.23. The van der Waals surface area contributed by atoms with E-state index in [1.807, 2.05) is 23.4 Å². The highest BCUT2D eigenvalue weighted by Crippen LogP contribution is 2.60. The van der Waals surface area contributed by atoms with E-state index in [9.17, 15) is 9.90 Å². The molecule has 1 spiro atoms. The Labute approximate surface area is 168 Å². The lowest BCUT2D eigenvalue weighted by atomic mass is 9.90. The Balaban J connectivity index is 1.30. The van der Waals surface area contributed by atoms with Crippen molar-refractivity contribution >= 4 is 28.8 Å². The number of carbonyl (C=O) groups excluding carboxylic acids is 1. The van der Waals surface area contributed by atoms with E-state index in [0.717, 1.165) is 43.6 Å². The molecule has 2 fully saturated rings. The van der Waals surface area contributed by atoms with E-state index in [1.165, 1.54) is 0 Å². The molecule has 1 aromatic heterocycles. The maximum absolute atomic E-state index is 12.8.